The van der Waals surface area contributed by atoms with E-state index in [1.54, 1.807) is 50.2 Å². The number of alkyl halides is 3. The molecule has 0 saturated carbocycles. The van der Waals surface area contributed by atoms with E-state index in [4.69, 9.17) is 9.47 Å². The maximum Gasteiger partial charge on any atom is 0.406 e. The number of fused-ring (bicyclic) bond motifs is 1. The average molecular weight is 665 g/mol. The summed E-state index contributed by atoms with van der Waals surface area (Å²) in [7, 11) is 3.18. The quantitative estimate of drug-likeness (QED) is 0.0980. The molecule has 248 valence electrons. The lowest BCUT2D eigenvalue weighted by atomic mass is 10.0. The highest BCUT2D eigenvalue weighted by Crippen LogP contribution is 2.32. The molecule has 0 unspecified atom stereocenters. The number of nitrogens with one attached hydrogen (secondary N) is 2. The molecule has 1 aliphatic heterocycles. The van der Waals surface area contributed by atoms with Crippen molar-refractivity contribution in [3.05, 3.63) is 77.5 Å². The molecule has 7 nitrogen and oxygen atoms in total. The third-order valence-corrected chi connectivity index (χ3v) is 9.05. The second kappa shape index (κ2) is 15.1. The van der Waals surface area contributed by atoms with Gasteiger partial charge in [0.05, 0.1) is 44.2 Å². The number of Topliss-reactive ketones (excluding diaryl/α,β-unsaturated/α-hetero) is 1. The zero-order valence-corrected chi connectivity index (χ0v) is 27.8. The van der Waals surface area contributed by atoms with Crippen LogP contribution >= 0.6 is 11.8 Å². The lowest BCUT2D eigenvalue weighted by Gasteiger charge is -2.32. The number of aromatic nitrogens is 1. The number of carbonyl (C=O) groups excluding carboxylic acids is 1. The highest BCUT2D eigenvalue weighted by molar-refractivity contribution is 7.98. The first-order valence-electron chi connectivity index (χ1n) is 15.4. The highest BCUT2D eigenvalue weighted by Gasteiger charge is 2.30. The fraction of sp³-hybridized carbons (Fsp3) is 0.361. The van der Waals surface area contributed by atoms with Gasteiger partial charge in [-0.1, -0.05) is 24.1 Å². The summed E-state index contributed by atoms with van der Waals surface area (Å²) in [6, 6.07) is 18.5. The first-order valence-corrected chi connectivity index (χ1v) is 16.6. The van der Waals surface area contributed by atoms with Crippen molar-refractivity contribution in [2.45, 2.75) is 43.4 Å². The van der Waals surface area contributed by atoms with Crippen molar-refractivity contribution in [2.24, 2.45) is 0 Å². The molecule has 1 aliphatic rings. The summed E-state index contributed by atoms with van der Waals surface area (Å²) in [5, 5.41) is 7.46. The number of likely N-dealkylation sites (tertiary alicyclic amines) is 1. The molecule has 47 heavy (non-hydrogen) atoms. The molecule has 0 spiro atoms. The van der Waals surface area contributed by atoms with Crippen LogP contribution in [0.4, 0.5) is 24.5 Å². The third-order valence-electron chi connectivity index (χ3n) is 8.32. The van der Waals surface area contributed by atoms with Crippen molar-refractivity contribution < 1.29 is 27.4 Å². The summed E-state index contributed by atoms with van der Waals surface area (Å²) in [6.07, 6.45) is -0.842. The van der Waals surface area contributed by atoms with E-state index in [1.165, 1.54) is 4.57 Å². The van der Waals surface area contributed by atoms with Crippen LogP contribution < -0.4 is 20.1 Å². The number of hydrogen-bond donors (Lipinski definition) is 2. The van der Waals surface area contributed by atoms with Crippen LogP contribution in [0, 0.1) is 18.8 Å². The van der Waals surface area contributed by atoms with Gasteiger partial charge in [0.25, 0.3) is 0 Å². The van der Waals surface area contributed by atoms with E-state index in [9.17, 15) is 18.0 Å². The molecule has 0 atom stereocenters. The van der Waals surface area contributed by atoms with Crippen LogP contribution in [0.3, 0.4) is 0 Å². The third kappa shape index (κ3) is 8.56. The zero-order valence-electron chi connectivity index (χ0n) is 27.0. The number of aryl methyl sites for hydroxylation is 1. The van der Waals surface area contributed by atoms with Gasteiger partial charge in [-0.05, 0) is 80.0 Å². The number of thioether (sulfide) groups is 1. The van der Waals surface area contributed by atoms with E-state index in [-0.39, 0.29) is 18.4 Å². The molecular formula is C36H39F3N4O3S. The molecule has 3 aromatic carbocycles. The molecule has 1 aromatic heterocycles. The van der Waals surface area contributed by atoms with Crippen molar-refractivity contribution >= 4 is 39.8 Å². The Morgan fingerprint density at radius 1 is 1.00 bits per heavy atom. The fourth-order valence-electron chi connectivity index (χ4n) is 5.83. The van der Waals surface area contributed by atoms with Crippen LogP contribution in [-0.4, -0.2) is 74.1 Å². The molecule has 2 heterocycles. The first kappa shape index (κ1) is 34.1. The smallest absolute Gasteiger partial charge is 0.406 e. The average Bonchev–Trinajstić information content (AvgIpc) is 3.40. The highest BCUT2D eigenvalue weighted by atomic mass is 32.2. The SMILES string of the molecule is COc1cc(C(=O)CN2CCC(Nc3cccc4c3cc(C#CCNc3ccc(SC)cc3OC)n4CC(F)(F)F)CC2)ccc1C. The molecule has 0 amide bonds. The van der Waals surface area contributed by atoms with Crippen molar-refractivity contribution in [2.75, 3.05) is 57.3 Å². The summed E-state index contributed by atoms with van der Waals surface area (Å²) >= 11 is 1.60. The molecule has 1 fully saturated rings. The number of methoxy groups -OCH3 is 2. The van der Waals surface area contributed by atoms with Crippen LogP contribution in [0.1, 0.15) is 34.5 Å². The molecule has 0 radical (unpaired) electrons. The lowest BCUT2D eigenvalue weighted by Crippen LogP contribution is -2.41. The van der Waals surface area contributed by atoms with Crippen molar-refractivity contribution in [1.82, 2.24) is 9.47 Å². The second-order valence-corrected chi connectivity index (χ2v) is 12.4. The Hall–Kier alpha value is -4.27. The standard InChI is InChI=1S/C36H39F3N4O3S/c1-24-10-11-25(19-34(24)45-2)33(44)22-42-17-14-26(15-18-42)41-30-8-5-9-32-29(30)20-27(43(32)23-36(37,38)39)7-6-16-40-31-13-12-28(47-4)21-35(31)46-3/h5,8-13,19-21,26,40-41H,14-18,22-23H2,1-4H3. The van der Waals surface area contributed by atoms with Gasteiger partial charge in [0.15, 0.2) is 5.78 Å². The van der Waals surface area contributed by atoms with Crippen LogP contribution in [0.5, 0.6) is 11.5 Å². The minimum Gasteiger partial charge on any atom is -0.496 e. The van der Waals surface area contributed by atoms with E-state index in [0.29, 0.717) is 40.2 Å². The number of benzene rings is 3. The minimum absolute atomic E-state index is 0.0435. The Labute approximate surface area is 277 Å². The molecule has 0 bridgehead atoms. The van der Waals surface area contributed by atoms with Crippen LogP contribution in [0.2, 0.25) is 0 Å². The van der Waals surface area contributed by atoms with Crippen LogP contribution in [0.25, 0.3) is 10.9 Å². The summed E-state index contributed by atoms with van der Waals surface area (Å²) in [6.45, 7) is 2.81. The number of anilines is 2. The Morgan fingerprint density at radius 3 is 2.47 bits per heavy atom. The molecular weight excluding hydrogens is 625 g/mol. The zero-order chi connectivity index (χ0) is 33.6. The number of halogens is 3. The lowest BCUT2D eigenvalue weighted by molar-refractivity contribution is -0.140. The van der Waals surface area contributed by atoms with E-state index in [2.05, 4.69) is 27.4 Å². The van der Waals surface area contributed by atoms with Gasteiger partial charge in [0, 0.05) is 40.7 Å². The number of piperidine rings is 1. The molecule has 5 rings (SSSR count). The number of rotatable bonds is 11. The predicted octanol–water partition coefficient (Wildman–Crippen LogP) is 7.47. The Morgan fingerprint density at radius 2 is 1.77 bits per heavy atom. The summed E-state index contributed by atoms with van der Waals surface area (Å²) < 4.78 is 53.2. The largest absolute Gasteiger partial charge is 0.496 e. The van der Waals surface area contributed by atoms with Gasteiger partial charge in [-0.3, -0.25) is 9.69 Å². The van der Waals surface area contributed by atoms with Gasteiger partial charge in [-0.15, -0.1) is 11.8 Å². The number of carbonyl (C=O) groups is 1. The summed E-state index contributed by atoms with van der Waals surface area (Å²) in [5.41, 5.74) is 3.89. The number of ketones is 1. The van der Waals surface area contributed by atoms with Crippen LogP contribution in [0.15, 0.2) is 65.6 Å². The first-order chi connectivity index (χ1) is 22.6. The minimum atomic E-state index is -4.41. The normalized spacial score (nSPS) is 14.0. The topological polar surface area (TPSA) is 67.8 Å². The van der Waals surface area contributed by atoms with Crippen LogP contribution in [-0.2, 0) is 6.54 Å². The van der Waals surface area contributed by atoms with E-state index >= 15 is 0 Å². The van der Waals surface area contributed by atoms with Gasteiger partial charge in [-0.25, -0.2) is 0 Å². The second-order valence-electron chi connectivity index (χ2n) is 11.5. The Kier molecular flexibility index (Phi) is 10.9. The molecule has 4 aromatic rings. The molecule has 1 saturated heterocycles. The van der Waals surface area contributed by atoms with Crippen molar-refractivity contribution in [1.29, 1.82) is 0 Å². The molecule has 11 heteroatoms. The Balaban J connectivity index is 1.27. The predicted molar refractivity (Wildman–Crippen MR) is 183 cm³/mol. The van der Waals surface area contributed by atoms with E-state index in [1.807, 2.05) is 49.6 Å². The number of nitrogens with zero attached hydrogens (tertiary/aromatic N) is 2. The van der Waals surface area contributed by atoms with E-state index in [0.717, 1.165) is 47.8 Å². The Bertz CT molecular complexity index is 1790. The van der Waals surface area contributed by atoms with Gasteiger partial charge in [0.1, 0.15) is 18.0 Å². The van der Waals surface area contributed by atoms with Gasteiger partial charge < -0.3 is 24.7 Å². The van der Waals surface area contributed by atoms with Gasteiger partial charge in [-0.2, -0.15) is 13.2 Å². The number of hydrogen-bond acceptors (Lipinski definition) is 7. The fourth-order valence-corrected chi connectivity index (χ4v) is 6.25. The van der Waals surface area contributed by atoms with Gasteiger partial charge in [0.2, 0.25) is 0 Å². The maximum absolute atomic E-state index is 13.7. The summed E-state index contributed by atoms with van der Waals surface area (Å²) in [4.78, 5) is 16.1. The summed E-state index contributed by atoms with van der Waals surface area (Å²) in [5.74, 6) is 7.36. The van der Waals surface area contributed by atoms with Gasteiger partial charge >= 0.3 is 6.18 Å². The molecule has 0 aliphatic carbocycles. The monoisotopic (exact) mass is 664 g/mol. The van der Waals surface area contributed by atoms with Crippen molar-refractivity contribution in [3.63, 3.8) is 0 Å². The van der Waals surface area contributed by atoms with Crippen molar-refractivity contribution in [3.8, 4) is 23.3 Å². The number of ether oxygens (including phenoxy) is 2. The maximum atomic E-state index is 13.7. The van der Waals surface area contributed by atoms with E-state index < -0.39 is 12.7 Å². The molecule has 2 N–H and O–H groups in total.